The summed E-state index contributed by atoms with van der Waals surface area (Å²) in [5, 5.41) is 0. The summed E-state index contributed by atoms with van der Waals surface area (Å²) >= 11 is 0. The number of hydrogen-bond donors (Lipinski definition) is 1. The van der Waals surface area contributed by atoms with Crippen molar-refractivity contribution in [2.24, 2.45) is 11.8 Å². The van der Waals surface area contributed by atoms with E-state index in [9.17, 15) is 0 Å². The van der Waals surface area contributed by atoms with Crippen molar-refractivity contribution >= 4 is 12.4 Å². The molecule has 4 heteroatoms. The SMILES string of the molecule is CC(C)COCC(C)C.Cl.c1c[nH]cn1. The summed E-state index contributed by atoms with van der Waals surface area (Å²) in [6.45, 7) is 10.5. The standard InChI is InChI=1S/C8H18O.C3H4N2.ClH/c1-7(2)5-9-6-8(3)4;1-2-5-3-4-1;/h7-8H,5-6H2,1-4H3;1-3H,(H,4,5);1H. The molecule has 0 aromatic carbocycles. The van der Waals surface area contributed by atoms with E-state index in [2.05, 4.69) is 37.7 Å². The van der Waals surface area contributed by atoms with Crippen molar-refractivity contribution in [3.05, 3.63) is 18.7 Å². The van der Waals surface area contributed by atoms with Gasteiger partial charge in [-0.05, 0) is 11.8 Å². The number of aromatic nitrogens is 2. The molecular weight excluding hydrogens is 212 g/mol. The van der Waals surface area contributed by atoms with Crippen molar-refractivity contribution in [2.75, 3.05) is 13.2 Å². The molecule has 15 heavy (non-hydrogen) atoms. The van der Waals surface area contributed by atoms with E-state index in [4.69, 9.17) is 4.74 Å². The van der Waals surface area contributed by atoms with Gasteiger partial charge in [0.1, 0.15) is 0 Å². The minimum atomic E-state index is 0. The predicted octanol–water partition coefficient (Wildman–Crippen LogP) is 3.15. The third-order valence-electron chi connectivity index (χ3n) is 1.31. The van der Waals surface area contributed by atoms with Crippen LogP contribution in [0.25, 0.3) is 0 Å². The highest BCUT2D eigenvalue weighted by molar-refractivity contribution is 5.85. The lowest BCUT2D eigenvalue weighted by atomic mass is 10.2. The van der Waals surface area contributed by atoms with Gasteiger partial charge in [0.25, 0.3) is 0 Å². The highest BCUT2D eigenvalue weighted by Crippen LogP contribution is 1.96. The molecule has 0 radical (unpaired) electrons. The van der Waals surface area contributed by atoms with Crippen LogP contribution in [0.4, 0.5) is 0 Å². The minimum absolute atomic E-state index is 0. The van der Waals surface area contributed by atoms with Gasteiger partial charge in [-0.1, -0.05) is 27.7 Å². The Morgan fingerprint density at radius 2 is 1.67 bits per heavy atom. The van der Waals surface area contributed by atoms with Crippen LogP contribution in [0.15, 0.2) is 18.7 Å². The third-order valence-corrected chi connectivity index (χ3v) is 1.31. The maximum absolute atomic E-state index is 5.36. The molecule has 0 saturated carbocycles. The Hall–Kier alpha value is -0.540. The van der Waals surface area contributed by atoms with Crippen molar-refractivity contribution in [3.63, 3.8) is 0 Å². The van der Waals surface area contributed by atoms with Crippen LogP contribution in [-0.2, 0) is 4.74 Å². The fourth-order valence-corrected chi connectivity index (χ4v) is 0.755. The molecule has 0 atom stereocenters. The lowest BCUT2D eigenvalue weighted by Gasteiger charge is -2.07. The topological polar surface area (TPSA) is 37.9 Å². The van der Waals surface area contributed by atoms with Gasteiger partial charge in [-0.3, -0.25) is 0 Å². The van der Waals surface area contributed by atoms with Crippen LogP contribution >= 0.6 is 12.4 Å². The monoisotopic (exact) mass is 234 g/mol. The van der Waals surface area contributed by atoms with Crippen LogP contribution in [0.3, 0.4) is 0 Å². The Morgan fingerprint density at radius 3 is 1.87 bits per heavy atom. The fourth-order valence-electron chi connectivity index (χ4n) is 0.755. The second-order valence-corrected chi connectivity index (χ2v) is 4.09. The van der Waals surface area contributed by atoms with Crippen molar-refractivity contribution in [3.8, 4) is 0 Å². The highest BCUT2D eigenvalue weighted by atomic mass is 35.5. The van der Waals surface area contributed by atoms with Gasteiger partial charge in [0.15, 0.2) is 0 Å². The minimum Gasteiger partial charge on any atom is -0.381 e. The van der Waals surface area contributed by atoms with E-state index in [0.717, 1.165) is 13.2 Å². The Balaban J connectivity index is 0. The fraction of sp³-hybridized carbons (Fsp3) is 0.727. The summed E-state index contributed by atoms with van der Waals surface area (Å²) in [7, 11) is 0. The van der Waals surface area contributed by atoms with Gasteiger partial charge in [0.05, 0.1) is 6.33 Å². The molecule has 0 aliphatic heterocycles. The average molecular weight is 235 g/mol. The summed E-state index contributed by atoms with van der Waals surface area (Å²) in [5.41, 5.74) is 0. The van der Waals surface area contributed by atoms with Gasteiger partial charge < -0.3 is 9.72 Å². The Labute approximate surface area is 99.1 Å². The molecule has 1 aromatic rings. The van der Waals surface area contributed by atoms with Gasteiger partial charge in [-0.2, -0.15) is 0 Å². The van der Waals surface area contributed by atoms with Gasteiger partial charge in [0.2, 0.25) is 0 Å². The molecule has 1 rings (SSSR count). The summed E-state index contributed by atoms with van der Waals surface area (Å²) in [5.74, 6) is 1.34. The van der Waals surface area contributed by atoms with Gasteiger partial charge in [-0.25, -0.2) is 4.98 Å². The van der Waals surface area contributed by atoms with Crippen LogP contribution in [0, 0.1) is 11.8 Å². The molecule has 0 aliphatic carbocycles. The van der Waals surface area contributed by atoms with Crippen molar-refractivity contribution in [1.29, 1.82) is 0 Å². The Morgan fingerprint density at radius 1 is 1.13 bits per heavy atom. The Bertz CT molecular complexity index is 163. The lowest BCUT2D eigenvalue weighted by Crippen LogP contribution is -2.06. The summed E-state index contributed by atoms with van der Waals surface area (Å²) < 4.78 is 5.36. The zero-order valence-corrected chi connectivity index (χ0v) is 10.9. The number of hydrogen-bond acceptors (Lipinski definition) is 2. The van der Waals surface area contributed by atoms with Crippen molar-refractivity contribution in [1.82, 2.24) is 9.97 Å². The number of nitrogens with zero attached hydrogens (tertiary/aromatic N) is 1. The molecule has 90 valence electrons. The first-order valence-electron chi connectivity index (χ1n) is 5.13. The van der Waals surface area contributed by atoms with Crippen LogP contribution in [0.5, 0.6) is 0 Å². The summed E-state index contributed by atoms with van der Waals surface area (Å²) in [6.07, 6.45) is 5.08. The summed E-state index contributed by atoms with van der Waals surface area (Å²) in [6, 6.07) is 0. The van der Waals surface area contributed by atoms with Crippen LogP contribution in [-0.4, -0.2) is 23.2 Å². The Kier molecular flexibility index (Phi) is 13.0. The zero-order valence-electron chi connectivity index (χ0n) is 10.1. The number of aromatic amines is 1. The largest absolute Gasteiger partial charge is 0.381 e. The molecule has 0 unspecified atom stereocenters. The third kappa shape index (κ3) is 16.2. The van der Waals surface area contributed by atoms with Crippen LogP contribution in [0.2, 0.25) is 0 Å². The first-order chi connectivity index (χ1) is 6.63. The maximum atomic E-state index is 5.36. The first-order valence-corrected chi connectivity index (χ1v) is 5.13. The number of imidazole rings is 1. The number of rotatable bonds is 4. The summed E-state index contributed by atoms with van der Waals surface area (Å²) in [4.78, 5) is 6.42. The molecular formula is C11H23ClN2O. The van der Waals surface area contributed by atoms with Crippen LogP contribution < -0.4 is 0 Å². The molecule has 1 heterocycles. The van der Waals surface area contributed by atoms with Crippen LogP contribution in [0.1, 0.15) is 27.7 Å². The first kappa shape index (κ1) is 16.9. The van der Waals surface area contributed by atoms with Gasteiger partial charge >= 0.3 is 0 Å². The number of H-pyrrole nitrogens is 1. The second-order valence-electron chi connectivity index (χ2n) is 4.09. The lowest BCUT2D eigenvalue weighted by molar-refractivity contribution is 0.0886. The van der Waals surface area contributed by atoms with E-state index >= 15 is 0 Å². The molecule has 0 saturated heterocycles. The maximum Gasteiger partial charge on any atom is 0.0919 e. The van der Waals surface area contributed by atoms with E-state index in [1.54, 1.807) is 18.7 Å². The normalized spacial score (nSPS) is 9.47. The molecule has 0 bridgehead atoms. The average Bonchev–Trinajstić information content (AvgIpc) is 2.58. The number of ether oxygens (including phenoxy) is 1. The molecule has 1 aromatic heterocycles. The van der Waals surface area contributed by atoms with E-state index < -0.39 is 0 Å². The van der Waals surface area contributed by atoms with Gasteiger partial charge in [-0.15, -0.1) is 12.4 Å². The van der Waals surface area contributed by atoms with E-state index in [0.29, 0.717) is 11.8 Å². The quantitative estimate of drug-likeness (QED) is 0.869. The predicted molar refractivity (Wildman–Crippen MR) is 66.3 cm³/mol. The van der Waals surface area contributed by atoms with Gasteiger partial charge in [0, 0.05) is 25.6 Å². The molecule has 0 aliphatic rings. The molecule has 0 fully saturated rings. The molecule has 0 amide bonds. The molecule has 1 N–H and O–H groups in total. The smallest absolute Gasteiger partial charge is 0.0919 e. The van der Waals surface area contributed by atoms with E-state index in [1.165, 1.54) is 0 Å². The number of halogens is 1. The molecule has 0 spiro atoms. The highest BCUT2D eigenvalue weighted by Gasteiger charge is 1.95. The second kappa shape index (κ2) is 11.5. The zero-order chi connectivity index (χ0) is 10.8. The van der Waals surface area contributed by atoms with Crippen molar-refractivity contribution < 1.29 is 4.74 Å². The number of nitrogens with one attached hydrogen (secondary N) is 1. The molecule has 3 nitrogen and oxygen atoms in total. The van der Waals surface area contributed by atoms with E-state index in [-0.39, 0.29) is 12.4 Å². The van der Waals surface area contributed by atoms with Crippen molar-refractivity contribution in [2.45, 2.75) is 27.7 Å². The van der Waals surface area contributed by atoms with E-state index in [1.807, 2.05) is 0 Å².